The van der Waals surface area contributed by atoms with Crippen molar-refractivity contribution < 1.29 is 4.42 Å². The largest absolute Gasteiger partial charge is 0.455 e. The van der Waals surface area contributed by atoms with Crippen LogP contribution in [0.15, 0.2) is 168 Å². The standard InChI is InChI=1S/C43H27N3O/c1-2-11-30(12-3-1)43-45-39(29-20-22-44-23-21-29)27-40(46-43)33-25-31(35-16-8-13-28-10-4-5-14-34(28)35)24-32(26-33)36-17-9-18-38-37-15-6-7-19-41(37)47-42(36)38/h1-27H. The molecule has 0 fully saturated rings. The van der Waals surface area contributed by atoms with E-state index in [-0.39, 0.29) is 0 Å². The van der Waals surface area contributed by atoms with Gasteiger partial charge in [0, 0.05) is 45.4 Å². The number of rotatable bonds is 5. The molecule has 47 heavy (non-hydrogen) atoms. The van der Waals surface area contributed by atoms with Crippen LogP contribution >= 0.6 is 0 Å². The van der Waals surface area contributed by atoms with Crippen LogP contribution in [0.4, 0.5) is 0 Å². The molecule has 0 N–H and O–H groups in total. The van der Waals surface area contributed by atoms with Gasteiger partial charge in [-0.1, -0.05) is 109 Å². The van der Waals surface area contributed by atoms with Crippen LogP contribution in [0.2, 0.25) is 0 Å². The highest BCUT2D eigenvalue weighted by molar-refractivity contribution is 6.10. The lowest BCUT2D eigenvalue weighted by atomic mass is 9.91. The summed E-state index contributed by atoms with van der Waals surface area (Å²) in [6, 6.07) is 52.6. The molecule has 3 aromatic heterocycles. The van der Waals surface area contributed by atoms with E-state index in [0.717, 1.165) is 72.3 Å². The third kappa shape index (κ3) is 4.84. The van der Waals surface area contributed by atoms with Gasteiger partial charge in [-0.15, -0.1) is 0 Å². The van der Waals surface area contributed by atoms with Gasteiger partial charge in [-0.3, -0.25) is 4.98 Å². The van der Waals surface area contributed by atoms with Crippen LogP contribution in [0.3, 0.4) is 0 Å². The lowest BCUT2D eigenvalue weighted by molar-refractivity contribution is 0.670. The van der Waals surface area contributed by atoms with E-state index >= 15 is 0 Å². The van der Waals surface area contributed by atoms with E-state index in [1.807, 2.05) is 42.5 Å². The number of fused-ring (bicyclic) bond motifs is 4. The van der Waals surface area contributed by atoms with Crippen LogP contribution in [0.1, 0.15) is 0 Å². The molecule has 0 aliphatic heterocycles. The van der Waals surface area contributed by atoms with Gasteiger partial charge in [-0.25, -0.2) is 9.97 Å². The van der Waals surface area contributed by atoms with E-state index in [2.05, 4.69) is 114 Å². The minimum absolute atomic E-state index is 0.673. The van der Waals surface area contributed by atoms with Crippen LogP contribution in [-0.2, 0) is 0 Å². The fraction of sp³-hybridized carbons (Fsp3) is 0. The van der Waals surface area contributed by atoms with Crippen LogP contribution < -0.4 is 0 Å². The van der Waals surface area contributed by atoms with Crippen molar-refractivity contribution in [2.45, 2.75) is 0 Å². The Hall–Kier alpha value is -6.39. The molecule has 220 valence electrons. The summed E-state index contributed by atoms with van der Waals surface area (Å²) in [7, 11) is 0. The van der Waals surface area contributed by atoms with E-state index < -0.39 is 0 Å². The molecular weight excluding hydrogens is 574 g/mol. The topological polar surface area (TPSA) is 51.8 Å². The van der Waals surface area contributed by atoms with Crippen LogP contribution in [0, 0.1) is 0 Å². The van der Waals surface area contributed by atoms with Crippen molar-refractivity contribution in [3.8, 4) is 56.2 Å². The van der Waals surface area contributed by atoms with Gasteiger partial charge >= 0.3 is 0 Å². The average Bonchev–Trinajstić information content (AvgIpc) is 3.54. The van der Waals surface area contributed by atoms with Gasteiger partial charge in [-0.2, -0.15) is 0 Å². The molecule has 0 aliphatic rings. The zero-order valence-corrected chi connectivity index (χ0v) is 25.3. The summed E-state index contributed by atoms with van der Waals surface area (Å²) in [4.78, 5) is 14.4. The Kier molecular flexibility index (Phi) is 6.43. The maximum absolute atomic E-state index is 6.52. The number of aromatic nitrogens is 3. The summed E-state index contributed by atoms with van der Waals surface area (Å²) < 4.78 is 6.52. The lowest BCUT2D eigenvalue weighted by Crippen LogP contribution is -1.96. The van der Waals surface area contributed by atoms with E-state index in [0.29, 0.717) is 5.82 Å². The Morgan fingerprint density at radius 3 is 1.87 bits per heavy atom. The smallest absolute Gasteiger partial charge is 0.160 e. The molecule has 3 heterocycles. The van der Waals surface area contributed by atoms with Crippen molar-refractivity contribution in [3.63, 3.8) is 0 Å². The van der Waals surface area contributed by atoms with Gasteiger partial charge in [-0.05, 0) is 69.9 Å². The molecule has 0 saturated heterocycles. The second-order valence-electron chi connectivity index (χ2n) is 11.7. The summed E-state index contributed by atoms with van der Waals surface area (Å²) in [5.74, 6) is 0.673. The molecule has 0 unspecified atom stereocenters. The molecule has 9 rings (SSSR count). The van der Waals surface area contributed by atoms with E-state index in [4.69, 9.17) is 14.4 Å². The Morgan fingerprint density at radius 1 is 0.404 bits per heavy atom. The first-order valence-electron chi connectivity index (χ1n) is 15.7. The molecule has 0 bridgehead atoms. The fourth-order valence-corrected chi connectivity index (χ4v) is 6.52. The minimum Gasteiger partial charge on any atom is -0.455 e. The zero-order chi connectivity index (χ0) is 31.2. The first-order chi connectivity index (χ1) is 23.3. The van der Waals surface area contributed by atoms with E-state index in [1.54, 1.807) is 12.4 Å². The number of hydrogen-bond acceptors (Lipinski definition) is 4. The molecule has 0 spiro atoms. The van der Waals surface area contributed by atoms with Gasteiger partial charge in [0.25, 0.3) is 0 Å². The Morgan fingerprint density at radius 2 is 1.02 bits per heavy atom. The molecule has 0 aliphatic carbocycles. The van der Waals surface area contributed by atoms with Crippen molar-refractivity contribution in [3.05, 3.63) is 164 Å². The predicted molar refractivity (Wildman–Crippen MR) is 192 cm³/mol. The molecule has 4 nitrogen and oxygen atoms in total. The number of para-hydroxylation sites is 2. The van der Waals surface area contributed by atoms with Crippen LogP contribution in [0.25, 0.3) is 88.9 Å². The maximum atomic E-state index is 6.52. The van der Waals surface area contributed by atoms with Gasteiger partial charge in [0.2, 0.25) is 0 Å². The summed E-state index contributed by atoms with van der Waals surface area (Å²) in [5.41, 5.74) is 10.7. The molecule has 0 atom stereocenters. The minimum atomic E-state index is 0.673. The van der Waals surface area contributed by atoms with Crippen molar-refractivity contribution >= 4 is 32.7 Å². The molecule has 4 heteroatoms. The van der Waals surface area contributed by atoms with Crippen molar-refractivity contribution in [1.29, 1.82) is 0 Å². The zero-order valence-electron chi connectivity index (χ0n) is 25.3. The Labute approximate surface area is 271 Å². The van der Waals surface area contributed by atoms with Gasteiger partial charge < -0.3 is 4.42 Å². The quantitative estimate of drug-likeness (QED) is 0.197. The van der Waals surface area contributed by atoms with Crippen LogP contribution in [-0.4, -0.2) is 15.0 Å². The number of hydrogen-bond donors (Lipinski definition) is 0. The second kappa shape index (κ2) is 11.2. The third-order valence-corrected chi connectivity index (χ3v) is 8.78. The normalized spacial score (nSPS) is 11.4. The first kappa shape index (κ1) is 27.0. The van der Waals surface area contributed by atoms with Crippen molar-refractivity contribution in [1.82, 2.24) is 15.0 Å². The summed E-state index contributed by atoms with van der Waals surface area (Å²) in [5, 5.41) is 4.61. The molecule has 0 amide bonds. The predicted octanol–water partition coefficient (Wildman–Crippen LogP) is 11.3. The Balaban J connectivity index is 1.33. The number of pyridine rings is 1. The lowest BCUT2D eigenvalue weighted by Gasteiger charge is -2.14. The SMILES string of the molecule is c1ccc(-c2nc(-c3ccncc3)cc(-c3cc(-c4cccc5ccccc45)cc(-c4cccc5c4oc4ccccc45)c3)n2)cc1. The van der Waals surface area contributed by atoms with Gasteiger partial charge in [0.15, 0.2) is 5.82 Å². The average molecular weight is 602 g/mol. The number of furan rings is 1. The molecule has 0 radical (unpaired) electrons. The van der Waals surface area contributed by atoms with Crippen molar-refractivity contribution in [2.24, 2.45) is 0 Å². The summed E-state index contributed by atoms with van der Waals surface area (Å²) >= 11 is 0. The summed E-state index contributed by atoms with van der Waals surface area (Å²) in [6.45, 7) is 0. The third-order valence-electron chi connectivity index (χ3n) is 8.78. The van der Waals surface area contributed by atoms with Crippen molar-refractivity contribution in [2.75, 3.05) is 0 Å². The molecule has 6 aromatic carbocycles. The van der Waals surface area contributed by atoms with Gasteiger partial charge in [0.05, 0.1) is 11.4 Å². The highest BCUT2D eigenvalue weighted by atomic mass is 16.3. The van der Waals surface area contributed by atoms with E-state index in [1.165, 1.54) is 10.8 Å². The summed E-state index contributed by atoms with van der Waals surface area (Å²) in [6.07, 6.45) is 3.60. The Bertz CT molecular complexity index is 2510. The fourth-order valence-electron chi connectivity index (χ4n) is 6.52. The highest BCUT2D eigenvalue weighted by Gasteiger charge is 2.17. The monoisotopic (exact) mass is 601 g/mol. The first-order valence-corrected chi connectivity index (χ1v) is 15.7. The highest BCUT2D eigenvalue weighted by Crippen LogP contribution is 2.40. The number of nitrogens with zero attached hydrogens (tertiary/aromatic N) is 3. The number of benzene rings is 6. The maximum Gasteiger partial charge on any atom is 0.160 e. The molecule has 9 aromatic rings. The molecular formula is C43H27N3O. The van der Waals surface area contributed by atoms with Gasteiger partial charge in [0.1, 0.15) is 11.2 Å². The van der Waals surface area contributed by atoms with Crippen LogP contribution in [0.5, 0.6) is 0 Å². The molecule has 0 saturated carbocycles. The van der Waals surface area contributed by atoms with E-state index in [9.17, 15) is 0 Å². The second-order valence-corrected chi connectivity index (χ2v) is 11.7.